The zero-order chi connectivity index (χ0) is 30.3. The van der Waals surface area contributed by atoms with Gasteiger partial charge in [-0.3, -0.25) is 19.4 Å². The number of piperazine rings is 1. The Hall–Kier alpha value is -3.46. The molecule has 230 valence electrons. The molecule has 0 spiro atoms. The normalized spacial score (nSPS) is 22.2. The number of benzene rings is 3. The number of hydrogen-bond acceptors (Lipinski definition) is 5. The zero-order valence-corrected chi connectivity index (χ0v) is 26.0. The van der Waals surface area contributed by atoms with Crippen molar-refractivity contribution in [3.63, 3.8) is 0 Å². The van der Waals surface area contributed by atoms with Crippen LogP contribution >= 0.6 is 11.8 Å². The second-order valence-electron chi connectivity index (χ2n) is 12.0. The predicted molar refractivity (Wildman–Crippen MR) is 175 cm³/mol. The largest absolute Gasteiger partial charge is 0.351 e. The first-order valence-electron chi connectivity index (χ1n) is 15.8. The minimum Gasteiger partial charge on any atom is -0.351 e. The smallest absolute Gasteiger partial charge is 0.260 e. The molecule has 0 bridgehead atoms. The van der Waals surface area contributed by atoms with Crippen molar-refractivity contribution in [1.29, 1.82) is 0 Å². The van der Waals surface area contributed by atoms with E-state index in [-0.39, 0.29) is 30.2 Å². The number of rotatable bonds is 9. The monoisotopic (exact) mass is 612 g/mol. The van der Waals surface area contributed by atoms with E-state index in [1.54, 1.807) is 23.9 Å². The second kappa shape index (κ2) is 14.5. The maximum Gasteiger partial charge on any atom is 0.260 e. The Labute approximate surface area is 264 Å². The summed E-state index contributed by atoms with van der Waals surface area (Å²) in [6.07, 6.45) is 6.18. The third kappa shape index (κ3) is 7.60. The van der Waals surface area contributed by atoms with Crippen LogP contribution in [-0.2, 0) is 17.9 Å². The van der Waals surface area contributed by atoms with Gasteiger partial charge in [0.05, 0.1) is 4.91 Å². The molecule has 6 rings (SSSR count). The van der Waals surface area contributed by atoms with Gasteiger partial charge in [0.25, 0.3) is 11.8 Å². The third-order valence-electron chi connectivity index (χ3n) is 9.01. The fraction of sp³-hybridized carbons (Fsp3) is 0.389. The van der Waals surface area contributed by atoms with Gasteiger partial charge in [-0.05, 0) is 48.2 Å². The number of amides is 2. The molecule has 6 nitrogen and oxygen atoms in total. The lowest BCUT2D eigenvalue weighted by atomic mass is 9.92. The number of fused-ring (bicyclic) bond motifs is 1. The second-order valence-corrected chi connectivity index (χ2v) is 13.3. The molecule has 0 aromatic heterocycles. The topological polar surface area (TPSA) is 55.9 Å². The van der Waals surface area contributed by atoms with Crippen LogP contribution in [0.4, 0.5) is 4.39 Å². The molecule has 3 aromatic carbocycles. The lowest BCUT2D eigenvalue weighted by Crippen LogP contribution is -2.50. The van der Waals surface area contributed by atoms with Crippen LogP contribution in [0.15, 0.2) is 83.8 Å². The van der Waals surface area contributed by atoms with Crippen LogP contribution < -0.4 is 5.32 Å². The van der Waals surface area contributed by atoms with Crippen LogP contribution in [-0.4, -0.2) is 77.1 Å². The standard InChI is InChI=1S/C36H41FN4O2S/c37-31-11-5-4-10-30(31)26-41-32-12-6-7-13-33(32)44-34(36(41)43)24-27-14-16-29(17-15-27)35(42)38-18-19-39-20-22-40(23-21-39)25-28-8-2-1-3-9-28/h1-5,8-11,14-17,24,32-33H,6-7,12-13,18-23,25-26H2,(H,38,42)/b34-24-. The molecule has 2 heterocycles. The summed E-state index contributed by atoms with van der Waals surface area (Å²) in [4.78, 5) is 34.0. The Kier molecular flexibility index (Phi) is 10.1. The van der Waals surface area contributed by atoms with Crippen LogP contribution in [0, 0.1) is 5.82 Å². The van der Waals surface area contributed by atoms with Crippen molar-refractivity contribution in [2.75, 3.05) is 39.3 Å². The first kappa shape index (κ1) is 30.6. The van der Waals surface area contributed by atoms with Crippen molar-refractivity contribution in [3.8, 4) is 0 Å². The van der Waals surface area contributed by atoms with E-state index in [0.29, 0.717) is 27.8 Å². The van der Waals surface area contributed by atoms with Gasteiger partial charge in [0.15, 0.2) is 0 Å². The molecule has 8 heteroatoms. The van der Waals surface area contributed by atoms with Gasteiger partial charge < -0.3 is 10.2 Å². The van der Waals surface area contributed by atoms with Crippen molar-refractivity contribution in [3.05, 3.63) is 112 Å². The fourth-order valence-corrected chi connectivity index (χ4v) is 7.97. The number of halogens is 1. The van der Waals surface area contributed by atoms with Gasteiger partial charge in [0.2, 0.25) is 0 Å². The number of carbonyl (C=O) groups is 2. The van der Waals surface area contributed by atoms with Crippen molar-refractivity contribution >= 4 is 29.7 Å². The summed E-state index contributed by atoms with van der Waals surface area (Å²) in [5.41, 5.74) is 3.39. The maximum atomic E-state index is 14.5. The average Bonchev–Trinajstić information content (AvgIpc) is 3.05. The van der Waals surface area contributed by atoms with Gasteiger partial charge in [-0.25, -0.2) is 4.39 Å². The maximum absolute atomic E-state index is 14.5. The molecule has 2 saturated heterocycles. The van der Waals surface area contributed by atoms with Crippen molar-refractivity contribution in [2.45, 2.75) is 50.1 Å². The molecule has 1 N–H and O–H groups in total. The van der Waals surface area contributed by atoms with Crippen molar-refractivity contribution in [1.82, 2.24) is 20.0 Å². The van der Waals surface area contributed by atoms with E-state index in [1.165, 1.54) is 11.6 Å². The lowest BCUT2D eigenvalue weighted by molar-refractivity contribution is -0.130. The molecule has 2 unspecified atom stereocenters. The summed E-state index contributed by atoms with van der Waals surface area (Å²) < 4.78 is 14.5. The van der Waals surface area contributed by atoms with Gasteiger partial charge in [-0.15, -0.1) is 11.8 Å². The molecule has 3 aliphatic rings. The molecule has 3 aromatic rings. The van der Waals surface area contributed by atoms with Gasteiger partial charge >= 0.3 is 0 Å². The summed E-state index contributed by atoms with van der Waals surface area (Å²) >= 11 is 1.66. The summed E-state index contributed by atoms with van der Waals surface area (Å²) in [5, 5.41) is 3.38. The Bertz CT molecular complexity index is 1460. The van der Waals surface area contributed by atoms with Crippen LogP contribution in [0.5, 0.6) is 0 Å². The molecular weight excluding hydrogens is 571 g/mol. The summed E-state index contributed by atoms with van der Waals surface area (Å²) in [6, 6.07) is 24.9. The van der Waals surface area contributed by atoms with Gasteiger partial charge in [-0.2, -0.15) is 0 Å². The molecule has 44 heavy (non-hydrogen) atoms. The molecular formula is C36H41FN4O2S. The van der Waals surface area contributed by atoms with E-state index < -0.39 is 0 Å². The molecule has 1 saturated carbocycles. The van der Waals surface area contributed by atoms with Crippen LogP contribution in [0.2, 0.25) is 0 Å². The Morgan fingerprint density at radius 1 is 0.864 bits per heavy atom. The van der Waals surface area contributed by atoms with E-state index in [4.69, 9.17) is 0 Å². The first-order chi connectivity index (χ1) is 21.5. The highest BCUT2D eigenvalue weighted by molar-refractivity contribution is 8.04. The van der Waals surface area contributed by atoms with Crippen molar-refractivity contribution in [2.24, 2.45) is 0 Å². The van der Waals surface area contributed by atoms with E-state index >= 15 is 0 Å². The Morgan fingerprint density at radius 2 is 1.57 bits per heavy atom. The van der Waals surface area contributed by atoms with E-state index in [1.807, 2.05) is 41.3 Å². The SMILES string of the molecule is O=C(NCCN1CCN(Cc2ccccc2)CC1)c1ccc(/C=C2\SC3CCCCC3N(Cc3ccccc3F)C2=O)cc1. The van der Waals surface area contributed by atoms with Gasteiger partial charge in [-0.1, -0.05) is 73.5 Å². The Balaban J connectivity index is 1.01. The zero-order valence-electron chi connectivity index (χ0n) is 25.2. The van der Waals surface area contributed by atoms with Crippen molar-refractivity contribution < 1.29 is 14.0 Å². The predicted octanol–water partition coefficient (Wildman–Crippen LogP) is 5.80. The number of hydrogen-bond donors (Lipinski definition) is 1. The van der Waals surface area contributed by atoms with Crippen LogP contribution in [0.1, 0.15) is 52.7 Å². The molecule has 2 aliphatic heterocycles. The van der Waals surface area contributed by atoms with E-state index in [2.05, 4.69) is 45.4 Å². The summed E-state index contributed by atoms with van der Waals surface area (Å²) in [6.45, 7) is 6.77. The molecule has 0 radical (unpaired) electrons. The number of thioether (sulfide) groups is 1. The molecule has 3 fully saturated rings. The highest BCUT2D eigenvalue weighted by atomic mass is 32.2. The molecule has 1 aliphatic carbocycles. The fourth-order valence-electron chi connectivity index (χ4n) is 6.50. The third-order valence-corrected chi connectivity index (χ3v) is 10.4. The number of carbonyl (C=O) groups excluding carboxylic acids is 2. The van der Waals surface area contributed by atoms with Crippen LogP contribution in [0.3, 0.4) is 0 Å². The van der Waals surface area contributed by atoms with Crippen LogP contribution in [0.25, 0.3) is 6.08 Å². The van der Waals surface area contributed by atoms with E-state index in [9.17, 15) is 14.0 Å². The van der Waals surface area contributed by atoms with Gasteiger partial charge in [0.1, 0.15) is 5.82 Å². The summed E-state index contributed by atoms with van der Waals surface area (Å²) in [5.74, 6) is -0.396. The Morgan fingerprint density at radius 3 is 2.34 bits per heavy atom. The highest BCUT2D eigenvalue weighted by Gasteiger charge is 2.40. The minimum absolute atomic E-state index is 0.0379. The summed E-state index contributed by atoms with van der Waals surface area (Å²) in [7, 11) is 0. The van der Waals surface area contributed by atoms with Gasteiger partial charge in [0, 0.05) is 74.8 Å². The number of nitrogens with one attached hydrogen (secondary N) is 1. The molecule has 2 amide bonds. The minimum atomic E-state index is -0.272. The first-order valence-corrected chi connectivity index (χ1v) is 16.7. The highest BCUT2D eigenvalue weighted by Crippen LogP contribution is 2.42. The molecule has 2 atom stereocenters. The average molecular weight is 613 g/mol. The number of nitrogens with zero attached hydrogens (tertiary/aromatic N) is 3. The quantitative estimate of drug-likeness (QED) is 0.310. The lowest BCUT2D eigenvalue weighted by Gasteiger charge is -2.44. The van der Waals surface area contributed by atoms with E-state index in [0.717, 1.165) is 70.5 Å².